The van der Waals surface area contributed by atoms with Crippen molar-refractivity contribution < 1.29 is 13.9 Å². The second-order valence-electron chi connectivity index (χ2n) is 7.11. The lowest BCUT2D eigenvalue weighted by atomic mass is 10.0. The number of benzene rings is 2. The number of halogens is 2. The Bertz CT molecular complexity index is 1020. The summed E-state index contributed by atoms with van der Waals surface area (Å²) in [6.45, 7) is 2.33. The third-order valence-corrected chi connectivity index (χ3v) is 5.23. The van der Waals surface area contributed by atoms with Gasteiger partial charge >= 0.3 is 0 Å². The van der Waals surface area contributed by atoms with Gasteiger partial charge < -0.3 is 4.74 Å². The molecule has 0 spiro atoms. The summed E-state index contributed by atoms with van der Waals surface area (Å²) < 4.78 is 19.0. The first kappa shape index (κ1) is 19.4. The summed E-state index contributed by atoms with van der Waals surface area (Å²) in [4.78, 5) is 18.8. The second kappa shape index (κ2) is 8.21. The van der Waals surface area contributed by atoms with E-state index in [1.807, 2.05) is 37.3 Å². The number of nitrogens with zero attached hydrogens (tertiary/aromatic N) is 2. The van der Waals surface area contributed by atoms with Gasteiger partial charge in [-0.05, 0) is 48.2 Å². The number of carbonyl (C=O) groups is 1. The summed E-state index contributed by atoms with van der Waals surface area (Å²) in [5.74, 6) is -0.202. The molecule has 29 heavy (non-hydrogen) atoms. The van der Waals surface area contributed by atoms with Crippen LogP contribution in [-0.4, -0.2) is 23.4 Å². The highest BCUT2D eigenvalue weighted by molar-refractivity contribution is 6.29. The number of aryl methyl sites for hydroxylation is 1. The molecule has 0 radical (unpaired) electrons. The summed E-state index contributed by atoms with van der Waals surface area (Å²) in [6.07, 6.45) is 2.29. The lowest BCUT2D eigenvalue weighted by Crippen LogP contribution is -2.42. The molecule has 0 fully saturated rings. The van der Waals surface area contributed by atoms with E-state index < -0.39 is 0 Å². The SMILES string of the molecule is Cc1ccc(C2COc3ncc(Cc4ccc(F)cc4)cc3N2C(=O)CCl)cc1. The molecule has 3 aromatic rings. The molecule has 1 amide bonds. The van der Waals surface area contributed by atoms with E-state index in [1.54, 1.807) is 23.2 Å². The van der Waals surface area contributed by atoms with Crippen LogP contribution >= 0.6 is 11.6 Å². The molecule has 1 aliphatic heterocycles. The molecule has 1 aliphatic rings. The summed E-state index contributed by atoms with van der Waals surface area (Å²) in [5, 5.41) is 0. The van der Waals surface area contributed by atoms with E-state index in [9.17, 15) is 9.18 Å². The molecule has 4 rings (SSSR count). The molecular formula is C23H20ClFN2O2. The molecule has 2 heterocycles. The average Bonchev–Trinajstić information content (AvgIpc) is 2.74. The Kier molecular flexibility index (Phi) is 5.49. The molecule has 0 N–H and O–H groups in total. The predicted octanol–water partition coefficient (Wildman–Crippen LogP) is 4.83. The summed E-state index contributed by atoms with van der Waals surface area (Å²) in [7, 11) is 0. The van der Waals surface area contributed by atoms with E-state index in [-0.39, 0.29) is 23.6 Å². The fourth-order valence-electron chi connectivity index (χ4n) is 3.51. The number of aromatic nitrogens is 1. The van der Waals surface area contributed by atoms with Gasteiger partial charge in [0.25, 0.3) is 0 Å². The number of rotatable bonds is 4. The topological polar surface area (TPSA) is 42.4 Å². The van der Waals surface area contributed by atoms with Crippen molar-refractivity contribution in [3.8, 4) is 5.88 Å². The summed E-state index contributed by atoms with van der Waals surface area (Å²) in [5.41, 5.74) is 4.58. The van der Waals surface area contributed by atoms with Gasteiger partial charge in [0, 0.05) is 6.20 Å². The number of carbonyl (C=O) groups excluding carboxylic acids is 1. The molecule has 1 aromatic heterocycles. The molecular weight excluding hydrogens is 391 g/mol. The van der Waals surface area contributed by atoms with Crippen molar-refractivity contribution in [2.24, 2.45) is 0 Å². The van der Waals surface area contributed by atoms with E-state index >= 15 is 0 Å². The molecule has 1 unspecified atom stereocenters. The van der Waals surface area contributed by atoms with E-state index in [0.29, 0.717) is 24.6 Å². The molecule has 1 atom stereocenters. The monoisotopic (exact) mass is 410 g/mol. The maximum Gasteiger partial charge on any atom is 0.242 e. The Balaban J connectivity index is 1.70. The van der Waals surface area contributed by atoms with Gasteiger partial charge in [0.15, 0.2) is 0 Å². The zero-order valence-corrected chi connectivity index (χ0v) is 16.7. The van der Waals surface area contributed by atoms with Gasteiger partial charge in [0.1, 0.15) is 24.0 Å². The largest absolute Gasteiger partial charge is 0.474 e. The van der Waals surface area contributed by atoms with Crippen LogP contribution in [0.2, 0.25) is 0 Å². The van der Waals surface area contributed by atoms with Crippen molar-refractivity contribution in [2.45, 2.75) is 19.4 Å². The number of amides is 1. The van der Waals surface area contributed by atoms with Crippen LogP contribution < -0.4 is 9.64 Å². The van der Waals surface area contributed by atoms with Crippen LogP contribution in [-0.2, 0) is 11.2 Å². The number of fused-ring (bicyclic) bond motifs is 1. The van der Waals surface area contributed by atoms with Crippen LogP contribution in [0.5, 0.6) is 5.88 Å². The van der Waals surface area contributed by atoms with Crippen LogP contribution in [0.15, 0.2) is 60.8 Å². The highest BCUT2D eigenvalue weighted by Crippen LogP contribution is 2.39. The standard InChI is InChI=1S/C23H20ClFN2O2/c1-15-2-6-18(7-3-15)21-14-29-23-20(27(21)22(28)12-24)11-17(13-26-23)10-16-4-8-19(25)9-5-16/h2-9,11,13,21H,10,12,14H2,1H3. The minimum atomic E-state index is -0.280. The van der Waals surface area contributed by atoms with Crippen molar-refractivity contribution >= 4 is 23.2 Å². The maximum atomic E-state index is 13.2. The Morgan fingerprint density at radius 1 is 1.17 bits per heavy atom. The Hall–Kier alpha value is -2.92. The van der Waals surface area contributed by atoms with Crippen LogP contribution in [0.25, 0.3) is 0 Å². The van der Waals surface area contributed by atoms with Gasteiger partial charge in [0.05, 0.1) is 6.04 Å². The minimum Gasteiger partial charge on any atom is -0.474 e. The quantitative estimate of drug-likeness (QED) is 0.579. The molecule has 148 valence electrons. The van der Waals surface area contributed by atoms with Gasteiger partial charge in [-0.25, -0.2) is 9.37 Å². The van der Waals surface area contributed by atoms with Gasteiger partial charge in [0.2, 0.25) is 11.8 Å². The Morgan fingerprint density at radius 2 is 1.90 bits per heavy atom. The average molecular weight is 411 g/mol. The third-order valence-electron chi connectivity index (χ3n) is 5.00. The van der Waals surface area contributed by atoms with Crippen molar-refractivity contribution in [2.75, 3.05) is 17.4 Å². The molecule has 0 bridgehead atoms. The molecule has 4 nitrogen and oxygen atoms in total. The normalized spacial score (nSPS) is 15.6. The predicted molar refractivity (Wildman–Crippen MR) is 111 cm³/mol. The lowest BCUT2D eigenvalue weighted by molar-refractivity contribution is -0.117. The molecule has 0 saturated carbocycles. The summed E-state index contributed by atoms with van der Waals surface area (Å²) in [6, 6.07) is 16.0. The molecule has 6 heteroatoms. The van der Waals surface area contributed by atoms with E-state index in [4.69, 9.17) is 16.3 Å². The zero-order valence-electron chi connectivity index (χ0n) is 15.9. The Morgan fingerprint density at radius 3 is 2.59 bits per heavy atom. The number of alkyl halides is 1. The second-order valence-corrected chi connectivity index (χ2v) is 7.37. The van der Waals surface area contributed by atoms with Crippen LogP contribution in [0.1, 0.15) is 28.3 Å². The lowest BCUT2D eigenvalue weighted by Gasteiger charge is -2.36. The smallest absolute Gasteiger partial charge is 0.242 e. The third kappa shape index (κ3) is 4.10. The number of hydrogen-bond donors (Lipinski definition) is 0. The first-order valence-corrected chi connectivity index (χ1v) is 9.89. The molecule has 0 aliphatic carbocycles. The maximum absolute atomic E-state index is 13.2. The number of hydrogen-bond acceptors (Lipinski definition) is 3. The fourth-order valence-corrected chi connectivity index (χ4v) is 3.64. The Labute approximate surface area is 173 Å². The van der Waals surface area contributed by atoms with E-state index in [1.165, 1.54) is 12.1 Å². The summed E-state index contributed by atoms with van der Waals surface area (Å²) >= 11 is 5.93. The van der Waals surface area contributed by atoms with Gasteiger partial charge in [-0.1, -0.05) is 42.0 Å². The van der Waals surface area contributed by atoms with Crippen molar-refractivity contribution in [3.63, 3.8) is 0 Å². The van der Waals surface area contributed by atoms with Crippen molar-refractivity contribution in [1.82, 2.24) is 4.98 Å². The van der Waals surface area contributed by atoms with Crippen LogP contribution in [0.3, 0.4) is 0 Å². The minimum absolute atomic E-state index is 0.135. The van der Waals surface area contributed by atoms with E-state index in [0.717, 1.165) is 22.3 Å². The number of anilines is 1. The number of pyridine rings is 1. The fraction of sp³-hybridized carbons (Fsp3) is 0.217. The van der Waals surface area contributed by atoms with Crippen molar-refractivity contribution in [1.29, 1.82) is 0 Å². The van der Waals surface area contributed by atoms with Gasteiger partial charge in [-0.3, -0.25) is 9.69 Å². The van der Waals surface area contributed by atoms with Crippen molar-refractivity contribution in [3.05, 3.63) is 88.9 Å². The number of ether oxygens (including phenoxy) is 1. The van der Waals surface area contributed by atoms with E-state index in [2.05, 4.69) is 4.98 Å². The van der Waals surface area contributed by atoms with Crippen LogP contribution in [0.4, 0.5) is 10.1 Å². The van der Waals surface area contributed by atoms with Crippen LogP contribution in [0, 0.1) is 12.7 Å². The zero-order chi connectivity index (χ0) is 20.4. The van der Waals surface area contributed by atoms with Gasteiger partial charge in [-0.15, -0.1) is 11.6 Å². The molecule has 2 aromatic carbocycles. The first-order valence-electron chi connectivity index (χ1n) is 9.36. The highest BCUT2D eigenvalue weighted by atomic mass is 35.5. The van der Waals surface area contributed by atoms with Gasteiger partial charge in [-0.2, -0.15) is 0 Å². The highest BCUT2D eigenvalue weighted by Gasteiger charge is 2.34. The molecule has 0 saturated heterocycles. The first-order chi connectivity index (χ1) is 14.0.